The zero-order valence-corrected chi connectivity index (χ0v) is 10.8. The van der Waals surface area contributed by atoms with E-state index in [-0.39, 0.29) is 11.3 Å². The third-order valence-corrected chi connectivity index (χ3v) is 3.38. The standard InChI is InChI=1S/C14H15F3N2O/c15-14(16,17)12-7-11(8-18)1-2-13(12)19-9-10-3-5-20-6-4-10/h1-2,7,10,19H,3-6,9H2. The quantitative estimate of drug-likeness (QED) is 0.925. The first-order chi connectivity index (χ1) is 9.50. The Balaban J connectivity index is 2.12. The van der Waals surface area contributed by atoms with Crippen LogP contribution in [0.3, 0.4) is 0 Å². The summed E-state index contributed by atoms with van der Waals surface area (Å²) in [7, 11) is 0. The van der Waals surface area contributed by atoms with Gasteiger partial charge in [-0.25, -0.2) is 0 Å². The molecule has 0 radical (unpaired) electrons. The van der Waals surface area contributed by atoms with Gasteiger partial charge in [0, 0.05) is 25.4 Å². The summed E-state index contributed by atoms with van der Waals surface area (Å²) in [4.78, 5) is 0. The predicted molar refractivity (Wildman–Crippen MR) is 68.2 cm³/mol. The highest BCUT2D eigenvalue weighted by atomic mass is 19.4. The van der Waals surface area contributed by atoms with Gasteiger partial charge in [-0.3, -0.25) is 0 Å². The lowest BCUT2D eigenvalue weighted by Gasteiger charge is -2.23. The molecule has 1 aliphatic rings. The lowest BCUT2D eigenvalue weighted by molar-refractivity contribution is -0.137. The van der Waals surface area contributed by atoms with Gasteiger partial charge in [0.2, 0.25) is 0 Å². The fourth-order valence-corrected chi connectivity index (χ4v) is 2.21. The molecular formula is C14H15F3N2O. The van der Waals surface area contributed by atoms with Crippen molar-refractivity contribution in [1.82, 2.24) is 0 Å². The SMILES string of the molecule is N#Cc1ccc(NCC2CCOCC2)c(C(F)(F)F)c1. The van der Waals surface area contributed by atoms with Crippen LogP contribution in [0.25, 0.3) is 0 Å². The Labute approximate surface area is 115 Å². The van der Waals surface area contributed by atoms with E-state index < -0.39 is 11.7 Å². The number of alkyl halides is 3. The molecule has 0 unspecified atom stereocenters. The van der Waals surface area contributed by atoms with Gasteiger partial charge in [0.05, 0.1) is 17.2 Å². The molecule has 3 nitrogen and oxygen atoms in total. The fourth-order valence-electron chi connectivity index (χ4n) is 2.21. The summed E-state index contributed by atoms with van der Waals surface area (Å²) in [5.74, 6) is 0.320. The third-order valence-electron chi connectivity index (χ3n) is 3.38. The van der Waals surface area contributed by atoms with Gasteiger partial charge in [-0.15, -0.1) is 0 Å². The molecule has 1 fully saturated rings. The summed E-state index contributed by atoms with van der Waals surface area (Å²) < 4.78 is 44.1. The molecule has 0 amide bonds. The molecule has 1 aromatic carbocycles. The van der Waals surface area contributed by atoms with E-state index in [1.165, 1.54) is 12.1 Å². The molecule has 1 aliphatic heterocycles. The monoisotopic (exact) mass is 284 g/mol. The third kappa shape index (κ3) is 3.64. The van der Waals surface area contributed by atoms with E-state index >= 15 is 0 Å². The number of benzene rings is 1. The van der Waals surface area contributed by atoms with Crippen molar-refractivity contribution in [2.45, 2.75) is 19.0 Å². The van der Waals surface area contributed by atoms with Crippen LogP contribution in [-0.4, -0.2) is 19.8 Å². The lowest BCUT2D eigenvalue weighted by Crippen LogP contribution is -2.23. The number of nitrogens with zero attached hydrogens (tertiary/aromatic N) is 1. The van der Waals surface area contributed by atoms with E-state index in [4.69, 9.17) is 10.00 Å². The Hall–Kier alpha value is -1.74. The lowest BCUT2D eigenvalue weighted by atomic mass is 10.00. The van der Waals surface area contributed by atoms with Crippen LogP contribution in [0.1, 0.15) is 24.0 Å². The number of ether oxygens (including phenoxy) is 1. The largest absolute Gasteiger partial charge is 0.418 e. The van der Waals surface area contributed by atoms with Gasteiger partial charge in [0.15, 0.2) is 0 Å². The first kappa shape index (κ1) is 14.7. The van der Waals surface area contributed by atoms with Gasteiger partial charge in [-0.2, -0.15) is 18.4 Å². The molecule has 0 saturated carbocycles. The van der Waals surface area contributed by atoms with Crippen LogP contribution < -0.4 is 5.32 Å². The first-order valence-electron chi connectivity index (χ1n) is 6.43. The maximum Gasteiger partial charge on any atom is 0.418 e. The number of halogens is 3. The van der Waals surface area contributed by atoms with Crippen LogP contribution in [0.15, 0.2) is 18.2 Å². The number of nitriles is 1. The van der Waals surface area contributed by atoms with Crippen molar-refractivity contribution in [3.05, 3.63) is 29.3 Å². The van der Waals surface area contributed by atoms with Crippen molar-refractivity contribution in [3.8, 4) is 6.07 Å². The molecule has 0 spiro atoms. The zero-order chi connectivity index (χ0) is 14.6. The van der Waals surface area contributed by atoms with Gasteiger partial charge >= 0.3 is 6.18 Å². The topological polar surface area (TPSA) is 45.0 Å². The second-order valence-corrected chi connectivity index (χ2v) is 4.81. The number of anilines is 1. The van der Waals surface area contributed by atoms with E-state index in [1.54, 1.807) is 6.07 Å². The van der Waals surface area contributed by atoms with Gasteiger partial charge in [0.1, 0.15) is 0 Å². The van der Waals surface area contributed by atoms with Crippen molar-refractivity contribution in [2.24, 2.45) is 5.92 Å². The van der Waals surface area contributed by atoms with Gasteiger partial charge in [0.25, 0.3) is 0 Å². The Kier molecular flexibility index (Phi) is 4.50. The summed E-state index contributed by atoms with van der Waals surface area (Å²) in [5.41, 5.74) is -0.749. The number of hydrogen-bond donors (Lipinski definition) is 1. The van der Waals surface area contributed by atoms with E-state index in [0.717, 1.165) is 18.9 Å². The molecular weight excluding hydrogens is 269 g/mol. The molecule has 6 heteroatoms. The average molecular weight is 284 g/mol. The Morgan fingerprint density at radius 1 is 1.30 bits per heavy atom. The minimum atomic E-state index is -4.47. The minimum Gasteiger partial charge on any atom is -0.384 e. The molecule has 0 aromatic heterocycles. The highest BCUT2D eigenvalue weighted by molar-refractivity contribution is 5.56. The van der Waals surface area contributed by atoms with Crippen LogP contribution in [0.4, 0.5) is 18.9 Å². The fraction of sp³-hybridized carbons (Fsp3) is 0.500. The Morgan fingerprint density at radius 2 is 2.00 bits per heavy atom. The van der Waals surface area contributed by atoms with E-state index in [1.807, 2.05) is 0 Å². The summed E-state index contributed by atoms with van der Waals surface area (Å²) in [6, 6.07) is 5.32. The molecule has 1 N–H and O–H groups in total. The predicted octanol–water partition coefficient (Wildman–Crippen LogP) is 3.42. The van der Waals surface area contributed by atoms with Crippen molar-refractivity contribution >= 4 is 5.69 Å². The van der Waals surface area contributed by atoms with Crippen LogP contribution in [0.2, 0.25) is 0 Å². The molecule has 108 valence electrons. The second-order valence-electron chi connectivity index (χ2n) is 4.81. The zero-order valence-electron chi connectivity index (χ0n) is 10.8. The smallest absolute Gasteiger partial charge is 0.384 e. The van der Waals surface area contributed by atoms with Crippen LogP contribution in [0, 0.1) is 17.2 Å². The van der Waals surface area contributed by atoms with Crippen LogP contribution in [0.5, 0.6) is 0 Å². The number of hydrogen-bond acceptors (Lipinski definition) is 3. The maximum absolute atomic E-state index is 13.0. The number of rotatable bonds is 3. The van der Waals surface area contributed by atoms with E-state index in [2.05, 4.69) is 5.32 Å². The van der Waals surface area contributed by atoms with Crippen molar-refractivity contribution < 1.29 is 17.9 Å². The van der Waals surface area contributed by atoms with Crippen molar-refractivity contribution in [1.29, 1.82) is 5.26 Å². The molecule has 0 atom stereocenters. The van der Waals surface area contributed by atoms with Crippen molar-refractivity contribution in [3.63, 3.8) is 0 Å². The van der Waals surface area contributed by atoms with Gasteiger partial charge in [-0.05, 0) is 37.0 Å². The van der Waals surface area contributed by atoms with Gasteiger partial charge < -0.3 is 10.1 Å². The van der Waals surface area contributed by atoms with E-state index in [9.17, 15) is 13.2 Å². The first-order valence-corrected chi connectivity index (χ1v) is 6.43. The Morgan fingerprint density at radius 3 is 2.60 bits per heavy atom. The highest BCUT2D eigenvalue weighted by Gasteiger charge is 2.34. The molecule has 2 rings (SSSR count). The molecule has 1 heterocycles. The average Bonchev–Trinajstić information content (AvgIpc) is 2.45. The molecule has 1 aromatic rings. The second kappa shape index (κ2) is 6.14. The van der Waals surface area contributed by atoms with Crippen molar-refractivity contribution in [2.75, 3.05) is 25.1 Å². The summed E-state index contributed by atoms with van der Waals surface area (Å²) in [5, 5.41) is 11.6. The molecule has 0 aliphatic carbocycles. The summed E-state index contributed by atoms with van der Waals surface area (Å²) in [6.45, 7) is 1.80. The summed E-state index contributed by atoms with van der Waals surface area (Å²) in [6.07, 6.45) is -2.76. The summed E-state index contributed by atoms with van der Waals surface area (Å²) >= 11 is 0. The van der Waals surface area contributed by atoms with E-state index in [0.29, 0.717) is 25.7 Å². The Bertz CT molecular complexity index is 502. The number of nitrogens with one attached hydrogen (secondary N) is 1. The molecule has 20 heavy (non-hydrogen) atoms. The van der Waals surface area contributed by atoms with Crippen LogP contribution in [-0.2, 0) is 10.9 Å². The van der Waals surface area contributed by atoms with Crippen LogP contribution >= 0.6 is 0 Å². The van der Waals surface area contributed by atoms with Gasteiger partial charge in [-0.1, -0.05) is 0 Å². The highest BCUT2D eigenvalue weighted by Crippen LogP contribution is 2.35. The molecule has 0 bridgehead atoms. The molecule has 1 saturated heterocycles. The minimum absolute atomic E-state index is 0.00828. The maximum atomic E-state index is 13.0. The normalized spacial score (nSPS) is 16.7.